The predicted octanol–water partition coefficient (Wildman–Crippen LogP) is 2.97. The van der Waals surface area contributed by atoms with Gasteiger partial charge in [-0.15, -0.1) is 11.6 Å². The van der Waals surface area contributed by atoms with Crippen LogP contribution in [0.5, 0.6) is 0 Å². The first-order valence-corrected chi connectivity index (χ1v) is 6.95. The zero-order valence-corrected chi connectivity index (χ0v) is 12.5. The molecule has 0 aliphatic heterocycles. The summed E-state index contributed by atoms with van der Waals surface area (Å²) in [7, 11) is 6.21. The second-order valence-electron chi connectivity index (χ2n) is 5.02. The first-order chi connectivity index (χ1) is 9.11. The quantitative estimate of drug-likeness (QED) is 0.784. The molecule has 0 aliphatic carbocycles. The fourth-order valence-corrected chi connectivity index (χ4v) is 2.23. The normalized spacial score (nSPS) is 11.2. The summed E-state index contributed by atoms with van der Waals surface area (Å²) in [5.41, 5.74) is 2.10. The van der Waals surface area contributed by atoms with Crippen LogP contribution in [-0.2, 0) is 5.88 Å². The summed E-state index contributed by atoms with van der Waals surface area (Å²) in [5.74, 6) is 1.47. The lowest BCUT2D eigenvalue weighted by Crippen LogP contribution is -2.29. The minimum absolute atomic E-state index is 0.486. The minimum atomic E-state index is 0.486. The molecule has 0 bridgehead atoms. The molecule has 2 rings (SSSR count). The van der Waals surface area contributed by atoms with E-state index in [1.54, 1.807) is 0 Å². The number of para-hydroxylation sites is 1. The fraction of sp³-hybridized carbons (Fsp3) is 0.400. The Hall–Kier alpha value is -1.32. The highest BCUT2D eigenvalue weighted by Gasteiger charge is 2.10. The van der Waals surface area contributed by atoms with E-state index in [0.717, 1.165) is 35.4 Å². The molecule has 0 aliphatic rings. The molecule has 0 saturated carbocycles. The predicted molar refractivity (Wildman–Crippen MR) is 83.1 cm³/mol. The third kappa shape index (κ3) is 3.37. The number of alkyl halides is 1. The maximum Gasteiger partial charge on any atom is 0.133 e. The van der Waals surface area contributed by atoms with Gasteiger partial charge in [0.1, 0.15) is 5.82 Å². The van der Waals surface area contributed by atoms with Crippen LogP contribution < -0.4 is 4.90 Å². The fourth-order valence-electron chi connectivity index (χ4n) is 2.03. The van der Waals surface area contributed by atoms with Crippen molar-refractivity contribution in [3.8, 4) is 0 Å². The average Bonchev–Trinajstić information content (AvgIpc) is 2.43. The number of aromatic nitrogens is 1. The molecule has 1 aromatic carbocycles. The topological polar surface area (TPSA) is 19.4 Å². The van der Waals surface area contributed by atoms with Crippen LogP contribution >= 0.6 is 11.6 Å². The smallest absolute Gasteiger partial charge is 0.133 e. The first-order valence-electron chi connectivity index (χ1n) is 6.42. The Balaban J connectivity index is 2.34. The van der Waals surface area contributed by atoms with Crippen molar-refractivity contribution in [2.24, 2.45) is 0 Å². The summed E-state index contributed by atoms with van der Waals surface area (Å²) in [6.07, 6.45) is 0. The Bertz CT molecular complexity index is 554. The van der Waals surface area contributed by atoms with E-state index in [1.807, 2.05) is 18.2 Å². The standard InChI is InChI=1S/C15H20ClN3/c1-18(2)8-9-19(3)15-13(11-16)10-12-6-4-5-7-14(12)17-15/h4-7,10H,8-9,11H2,1-3H3. The molecule has 102 valence electrons. The highest BCUT2D eigenvalue weighted by molar-refractivity contribution is 6.17. The lowest BCUT2D eigenvalue weighted by Gasteiger charge is -2.23. The van der Waals surface area contributed by atoms with E-state index in [4.69, 9.17) is 16.6 Å². The van der Waals surface area contributed by atoms with Crippen LogP contribution in [0.3, 0.4) is 0 Å². The average molecular weight is 278 g/mol. The molecule has 0 atom stereocenters. The molecule has 0 spiro atoms. The van der Waals surface area contributed by atoms with Crippen molar-refractivity contribution < 1.29 is 0 Å². The third-order valence-electron chi connectivity index (χ3n) is 3.17. The molecule has 1 heterocycles. The summed E-state index contributed by atoms with van der Waals surface area (Å²) in [5, 5.41) is 1.14. The lowest BCUT2D eigenvalue weighted by molar-refractivity contribution is 0.416. The highest BCUT2D eigenvalue weighted by Crippen LogP contribution is 2.24. The van der Waals surface area contributed by atoms with Gasteiger partial charge < -0.3 is 9.80 Å². The number of halogens is 1. The maximum atomic E-state index is 6.06. The van der Waals surface area contributed by atoms with Crippen molar-refractivity contribution in [3.05, 3.63) is 35.9 Å². The number of pyridine rings is 1. The van der Waals surface area contributed by atoms with Gasteiger partial charge in [0, 0.05) is 31.1 Å². The van der Waals surface area contributed by atoms with Crippen molar-refractivity contribution in [2.45, 2.75) is 5.88 Å². The van der Waals surface area contributed by atoms with E-state index in [1.165, 1.54) is 0 Å². The molecule has 0 amide bonds. The largest absolute Gasteiger partial charge is 0.358 e. The van der Waals surface area contributed by atoms with Crippen LogP contribution in [0.15, 0.2) is 30.3 Å². The van der Waals surface area contributed by atoms with Crippen molar-refractivity contribution >= 4 is 28.3 Å². The van der Waals surface area contributed by atoms with Crippen LogP contribution in [0, 0.1) is 0 Å². The van der Waals surface area contributed by atoms with Gasteiger partial charge in [0.25, 0.3) is 0 Å². The van der Waals surface area contributed by atoms with E-state index in [-0.39, 0.29) is 0 Å². The molecular formula is C15H20ClN3. The number of anilines is 1. The molecule has 0 saturated heterocycles. The lowest BCUT2D eigenvalue weighted by atomic mass is 10.1. The summed E-state index contributed by atoms with van der Waals surface area (Å²) in [6, 6.07) is 10.3. The van der Waals surface area contributed by atoms with Gasteiger partial charge in [0.2, 0.25) is 0 Å². The monoisotopic (exact) mass is 277 g/mol. The zero-order chi connectivity index (χ0) is 13.8. The van der Waals surface area contributed by atoms with Gasteiger partial charge in [-0.2, -0.15) is 0 Å². The second kappa shape index (κ2) is 6.22. The number of benzene rings is 1. The van der Waals surface area contributed by atoms with Crippen molar-refractivity contribution in [3.63, 3.8) is 0 Å². The van der Waals surface area contributed by atoms with Crippen LogP contribution in [0.4, 0.5) is 5.82 Å². The summed E-state index contributed by atoms with van der Waals surface area (Å²) >= 11 is 6.06. The van der Waals surface area contributed by atoms with Crippen LogP contribution in [0.25, 0.3) is 10.9 Å². The van der Waals surface area contributed by atoms with Gasteiger partial charge in [-0.05, 0) is 26.2 Å². The van der Waals surface area contributed by atoms with Crippen molar-refractivity contribution in [1.29, 1.82) is 0 Å². The molecule has 4 heteroatoms. The molecule has 0 fully saturated rings. The Morgan fingerprint density at radius 3 is 2.53 bits per heavy atom. The van der Waals surface area contributed by atoms with Crippen LogP contribution in [-0.4, -0.2) is 44.1 Å². The van der Waals surface area contributed by atoms with Crippen LogP contribution in [0.1, 0.15) is 5.56 Å². The second-order valence-corrected chi connectivity index (χ2v) is 5.29. The van der Waals surface area contributed by atoms with Gasteiger partial charge in [-0.25, -0.2) is 4.98 Å². The number of hydrogen-bond acceptors (Lipinski definition) is 3. The molecule has 0 unspecified atom stereocenters. The molecule has 1 aromatic heterocycles. The molecule has 0 N–H and O–H groups in total. The third-order valence-corrected chi connectivity index (χ3v) is 3.46. The van der Waals surface area contributed by atoms with Gasteiger partial charge in [0.15, 0.2) is 0 Å². The van der Waals surface area contributed by atoms with Crippen molar-refractivity contribution in [2.75, 3.05) is 39.1 Å². The number of nitrogens with zero attached hydrogens (tertiary/aromatic N) is 3. The van der Waals surface area contributed by atoms with Crippen LogP contribution in [0.2, 0.25) is 0 Å². The number of rotatable bonds is 5. The zero-order valence-electron chi connectivity index (χ0n) is 11.7. The first kappa shape index (κ1) is 14.1. The van der Waals surface area contributed by atoms with E-state index >= 15 is 0 Å². The summed E-state index contributed by atoms with van der Waals surface area (Å²) < 4.78 is 0. The Morgan fingerprint density at radius 2 is 1.84 bits per heavy atom. The van der Waals surface area contributed by atoms with E-state index in [2.05, 4.69) is 43.1 Å². The van der Waals surface area contributed by atoms with Gasteiger partial charge in [-0.1, -0.05) is 18.2 Å². The highest BCUT2D eigenvalue weighted by atomic mass is 35.5. The van der Waals surface area contributed by atoms with Gasteiger partial charge in [0.05, 0.1) is 11.4 Å². The number of fused-ring (bicyclic) bond motifs is 1. The number of hydrogen-bond donors (Lipinski definition) is 0. The SMILES string of the molecule is CN(C)CCN(C)c1nc2ccccc2cc1CCl. The molecule has 3 nitrogen and oxygen atoms in total. The van der Waals surface area contributed by atoms with Crippen molar-refractivity contribution in [1.82, 2.24) is 9.88 Å². The van der Waals surface area contributed by atoms with E-state index < -0.39 is 0 Å². The summed E-state index contributed by atoms with van der Waals surface area (Å²) in [4.78, 5) is 9.08. The molecule has 2 aromatic rings. The maximum absolute atomic E-state index is 6.06. The molecular weight excluding hydrogens is 258 g/mol. The minimum Gasteiger partial charge on any atom is -0.358 e. The Labute approximate surface area is 119 Å². The Kier molecular flexibility index (Phi) is 4.61. The van der Waals surface area contributed by atoms with E-state index in [9.17, 15) is 0 Å². The molecule has 0 radical (unpaired) electrons. The summed E-state index contributed by atoms with van der Waals surface area (Å²) in [6.45, 7) is 1.93. The Morgan fingerprint density at radius 1 is 1.11 bits per heavy atom. The van der Waals surface area contributed by atoms with Gasteiger partial charge >= 0.3 is 0 Å². The van der Waals surface area contributed by atoms with Gasteiger partial charge in [-0.3, -0.25) is 0 Å². The van der Waals surface area contributed by atoms with E-state index in [0.29, 0.717) is 5.88 Å². The molecule has 19 heavy (non-hydrogen) atoms. The number of likely N-dealkylation sites (N-methyl/N-ethyl adjacent to an activating group) is 2.